The van der Waals surface area contributed by atoms with Crippen LogP contribution in [0.5, 0.6) is 0 Å². The molecule has 0 saturated heterocycles. The number of hydrogen-bond acceptors (Lipinski definition) is 3. The van der Waals surface area contributed by atoms with Crippen molar-refractivity contribution >= 4 is 17.4 Å². The summed E-state index contributed by atoms with van der Waals surface area (Å²) in [5.41, 5.74) is 7.27. The predicted molar refractivity (Wildman–Crippen MR) is 68.6 cm³/mol. The van der Waals surface area contributed by atoms with Crippen LogP contribution in [0.15, 0.2) is 12.3 Å². The first-order valence-corrected chi connectivity index (χ1v) is 6.17. The van der Waals surface area contributed by atoms with Gasteiger partial charge in [0.15, 0.2) is 0 Å². The molecule has 3 N–H and O–H groups in total. The van der Waals surface area contributed by atoms with Crippen molar-refractivity contribution in [3.05, 3.63) is 17.8 Å². The summed E-state index contributed by atoms with van der Waals surface area (Å²) in [7, 11) is 0. The number of nitrogens with two attached hydrogens (primary N) is 1. The average molecular weight is 233 g/mol. The minimum atomic E-state index is 0.0635. The van der Waals surface area contributed by atoms with Crippen LogP contribution in [0.4, 0.5) is 11.5 Å². The van der Waals surface area contributed by atoms with E-state index in [9.17, 15) is 4.79 Å². The second kappa shape index (κ2) is 5.17. The number of nitrogens with zero attached hydrogens (tertiary/aromatic N) is 1. The van der Waals surface area contributed by atoms with Crippen LogP contribution in [0.1, 0.15) is 37.7 Å². The van der Waals surface area contributed by atoms with E-state index in [2.05, 4.69) is 10.3 Å². The van der Waals surface area contributed by atoms with Crippen molar-refractivity contribution in [1.82, 2.24) is 4.98 Å². The molecule has 0 aliphatic heterocycles. The maximum absolute atomic E-state index is 11.8. The Bertz CT molecular complexity index is 411. The molecule has 4 nitrogen and oxygen atoms in total. The Morgan fingerprint density at radius 1 is 1.53 bits per heavy atom. The second-order valence-corrected chi connectivity index (χ2v) is 4.83. The van der Waals surface area contributed by atoms with Gasteiger partial charge in [0, 0.05) is 6.42 Å². The van der Waals surface area contributed by atoms with Gasteiger partial charge in [-0.25, -0.2) is 4.98 Å². The molecule has 1 aromatic heterocycles. The van der Waals surface area contributed by atoms with E-state index >= 15 is 0 Å². The van der Waals surface area contributed by atoms with E-state index in [0.717, 1.165) is 5.56 Å². The number of amides is 1. The fraction of sp³-hybridized carbons (Fsp3) is 0.538. The molecule has 2 rings (SSSR count). The first-order chi connectivity index (χ1) is 8.15. The number of nitrogen functional groups attached to an aromatic ring is 1. The fourth-order valence-electron chi connectivity index (χ4n) is 2.31. The molecule has 17 heavy (non-hydrogen) atoms. The molecule has 1 saturated carbocycles. The van der Waals surface area contributed by atoms with Crippen LogP contribution < -0.4 is 11.1 Å². The highest BCUT2D eigenvalue weighted by Crippen LogP contribution is 2.27. The van der Waals surface area contributed by atoms with E-state index in [-0.39, 0.29) is 5.91 Å². The monoisotopic (exact) mass is 233 g/mol. The summed E-state index contributed by atoms with van der Waals surface area (Å²) in [5, 5.41) is 2.83. The van der Waals surface area contributed by atoms with Crippen LogP contribution in [0, 0.1) is 12.8 Å². The quantitative estimate of drug-likeness (QED) is 0.842. The zero-order valence-electron chi connectivity index (χ0n) is 10.2. The number of rotatable bonds is 3. The van der Waals surface area contributed by atoms with Gasteiger partial charge in [-0.05, 0) is 37.3 Å². The fourth-order valence-corrected chi connectivity index (χ4v) is 2.31. The first kappa shape index (κ1) is 11.9. The molecule has 0 unspecified atom stereocenters. The van der Waals surface area contributed by atoms with Gasteiger partial charge in [-0.15, -0.1) is 0 Å². The van der Waals surface area contributed by atoms with Gasteiger partial charge in [-0.1, -0.05) is 12.8 Å². The van der Waals surface area contributed by atoms with Crippen LogP contribution in [0.3, 0.4) is 0 Å². The lowest BCUT2D eigenvalue weighted by atomic mass is 10.0. The van der Waals surface area contributed by atoms with Gasteiger partial charge in [0.05, 0.1) is 11.9 Å². The number of carbonyl (C=O) groups excluding carboxylic acids is 1. The number of aromatic nitrogens is 1. The lowest BCUT2D eigenvalue weighted by Crippen LogP contribution is -2.16. The number of hydrogen-bond donors (Lipinski definition) is 2. The van der Waals surface area contributed by atoms with Crippen LogP contribution in [-0.2, 0) is 4.79 Å². The number of pyridine rings is 1. The Balaban J connectivity index is 1.90. The summed E-state index contributed by atoms with van der Waals surface area (Å²) in [6.07, 6.45) is 7.09. The third-order valence-electron chi connectivity index (χ3n) is 3.37. The van der Waals surface area contributed by atoms with E-state index in [0.29, 0.717) is 23.8 Å². The van der Waals surface area contributed by atoms with Crippen molar-refractivity contribution < 1.29 is 4.79 Å². The highest BCUT2D eigenvalue weighted by molar-refractivity contribution is 5.90. The zero-order valence-corrected chi connectivity index (χ0v) is 10.2. The molecule has 0 spiro atoms. The van der Waals surface area contributed by atoms with Crippen LogP contribution in [-0.4, -0.2) is 10.9 Å². The summed E-state index contributed by atoms with van der Waals surface area (Å²) in [4.78, 5) is 15.9. The third-order valence-corrected chi connectivity index (χ3v) is 3.37. The standard InChI is InChI=1S/C13H19N3O/c1-9-6-12(15-8-11(9)14)16-13(17)7-10-4-2-3-5-10/h6,8,10H,2-5,7,14H2,1H3,(H,15,16,17). The van der Waals surface area contributed by atoms with Crippen molar-refractivity contribution in [2.75, 3.05) is 11.1 Å². The van der Waals surface area contributed by atoms with Crippen molar-refractivity contribution in [2.45, 2.75) is 39.0 Å². The largest absolute Gasteiger partial charge is 0.397 e. The molecule has 1 heterocycles. The molecule has 1 fully saturated rings. The van der Waals surface area contributed by atoms with E-state index in [4.69, 9.17) is 5.73 Å². The minimum absolute atomic E-state index is 0.0635. The molecular weight excluding hydrogens is 214 g/mol. The average Bonchev–Trinajstić information content (AvgIpc) is 2.76. The summed E-state index contributed by atoms with van der Waals surface area (Å²) < 4.78 is 0. The van der Waals surface area contributed by atoms with Crippen molar-refractivity contribution in [1.29, 1.82) is 0 Å². The molecule has 92 valence electrons. The molecule has 1 aliphatic rings. The summed E-state index contributed by atoms with van der Waals surface area (Å²) in [6, 6.07) is 1.81. The topological polar surface area (TPSA) is 68.0 Å². The molecule has 0 radical (unpaired) electrons. The van der Waals surface area contributed by atoms with Crippen LogP contribution in [0.25, 0.3) is 0 Å². The first-order valence-electron chi connectivity index (χ1n) is 6.17. The maximum atomic E-state index is 11.8. The van der Waals surface area contributed by atoms with E-state index < -0.39 is 0 Å². The third kappa shape index (κ3) is 3.19. The molecule has 4 heteroatoms. The molecule has 1 amide bonds. The number of anilines is 2. The Hall–Kier alpha value is -1.58. The SMILES string of the molecule is Cc1cc(NC(=O)CC2CCCC2)ncc1N. The lowest BCUT2D eigenvalue weighted by molar-refractivity contribution is -0.117. The van der Waals surface area contributed by atoms with Gasteiger partial charge < -0.3 is 11.1 Å². The summed E-state index contributed by atoms with van der Waals surface area (Å²) in [5.74, 6) is 1.22. The van der Waals surface area contributed by atoms with E-state index in [1.165, 1.54) is 25.7 Å². The maximum Gasteiger partial charge on any atom is 0.225 e. The molecule has 0 aromatic carbocycles. The zero-order chi connectivity index (χ0) is 12.3. The van der Waals surface area contributed by atoms with Crippen molar-refractivity contribution in [3.8, 4) is 0 Å². The Morgan fingerprint density at radius 3 is 2.88 bits per heavy atom. The Morgan fingerprint density at radius 2 is 2.24 bits per heavy atom. The normalized spacial score (nSPS) is 16.1. The number of aryl methyl sites for hydroxylation is 1. The van der Waals surface area contributed by atoms with Crippen LogP contribution in [0.2, 0.25) is 0 Å². The molecule has 1 aromatic rings. The van der Waals surface area contributed by atoms with Crippen molar-refractivity contribution in [2.24, 2.45) is 5.92 Å². The molecular formula is C13H19N3O. The molecule has 0 atom stereocenters. The Labute approximate surface area is 102 Å². The Kier molecular flexibility index (Phi) is 3.61. The summed E-state index contributed by atoms with van der Waals surface area (Å²) in [6.45, 7) is 1.91. The highest BCUT2D eigenvalue weighted by Gasteiger charge is 2.18. The van der Waals surface area contributed by atoms with E-state index in [1.807, 2.05) is 13.0 Å². The molecule has 1 aliphatic carbocycles. The lowest BCUT2D eigenvalue weighted by Gasteiger charge is -2.09. The van der Waals surface area contributed by atoms with Gasteiger partial charge in [-0.3, -0.25) is 4.79 Å². The van der Waals surface area contributed by atoms with Crippen molar-refractivity contribution in [3.63, 3.8) is 0 Å². The van der Waals surface area contributed by atoms with Gasteiger partial charge in [0.25, 0.3) is 0 Å². The van der Waals surface area contributed by atoms with E-state index in [1.54, 1.807) is 6.20 Å². The van der Waals surface area contributed by atoms with Gasteiger partial charge >= 0.3 is 0 Å². The predicted octanol–water partition coefficient (Wildman–Crippen LogP) is 2.49. The van der Waals surface area contributed by atoms with Gasteiger partial charge in [0.2, 0.25) is 5.91 Å². The van der Waals surface area contributed by atoms with Gasteiger partial charge in [-0.2, -0.15) is 0 Å². The smallest absolute Gasteiger partial charge is 0.225 e. The number of carbonyl (C=O) groups is 1. The highest BCUT2D eigenvalue weighted by atomic mass is 16.1. The second-order valence-electron chi connectivity index (χ2n) is 4.83. The summed E-state index contributed by atoms with van der Waals surface area (Å²) >= 11 is 0. The number of nitrogens with one attached hydrogen (secondary N) is 1. The van der Waals surface area contributed by atoms with Crippen LogP contribution >= 0.6 is 0 Å². The van der Waals surface area contributed by atoms with Gasteiger partial charge in [0.1, 0.15) is 5.82 Å². The molecule has 0 bridgehead atoms. The minimum Gasteiger partial charge on any atom is -0.397 e.